The van der Waals surface area contributed by atoms with Gasteiger partial charge in [0.15, 0.2) is 0 Å². The number of hydrogen-bond acceptors (Lipinski definition) is 4. The molecule has 0 saturated carbocycles. The van der Waals surface area contributed by atoms with Crippen LogP contribution in [0.2, 0.25) is 0 Å². The Morgan fingerprint density at radius 3 is 2.77 bits per heavy atom. The molecule has 2 heterocycles. The molecule has 0 radical (unpaired) electrons. The molecule has 2 aromatic rings. The van der Waals surface area contributed by atoms with Gasteiger partial charge in [-0.05, 0) is 50.9 Å². The average Bonchev–Trinajstić information content (AvgIpc) is 3.05. The van der Waals surface area contributed by atoms with Gasteiger partial charge < -0.3 is 4.74 Å². The van der Waals surface area contributed by atoms with Crippen LogP contribution in [0.4, 0.5) is 0 Å². The summed E-state index contributed by atoms with van der Waals surface area (Å²) in [5.74, 6) is 0.618. The summed E-state index contributed by atoms with van der Waals surface area (Å²) in [7, 11) is 0. The van der Waals surface area contributed by atoms with Crippen LogP contribution in [0.3, 0.4) is 0 Å². The Kier molecular flexibility index (Phi) is 5.01. The van der Waals surface area contributed by atoms with Gasteiger partial charge >= 0.3 is 0 Å². The first-order valence-corrected chi connectivity index (χ1v) is 8.07. The third kappa shape index (κ3) is 3.83. The van der Waals surface area contributed by atoms with Gasteiger partial charge in [0.1, 0.15) is 6.10 Å². The summed E-state index contributed by atoms with van der Waals surface area (Å²) < 4.78 is 6.12. The second-order valence-corrected chi connectivity index (χ2v) is 5.81. The van der Waals surface area contributed by atoms with E-state index in [0.717, 1.165) is 30.4 Å². The number of nitrogens with zero attached hydrogens (tertiary/aromatic N) is 3. The second-order valence-electron chi connectivity index (χ2n) is 5.81. The fourth-order valence-corrected chi connectivity index (χ4v) is 2.91. The van der Waals surface area contributed by atoms with Crippen molar-refractivity contribution in [1.29, 1.82) is 0 Å². The number of ether oxygens (including phenoxy) is 1. The lowest BCUT2D eigenvalue weighted by molar-refractivity contribution is 0.134. The van der Waals surface area contributed by atoms with Crippen LogP contribution < -0.4 is 4.74 Å². The first kappa shape index (κ1) is 15.0. The largest absolute Gasteiger partial charge is 0.472 e. The second kappa shape index (κ2) is 7.36. The molecule has 1 aliphatic heterocycles. The maximum Gasteiger partial charge on any atom is 0.233 e. The number of fused-ring (bicyclic) bond motifs is 1. The van der Waals surface area contributed by atoms with Crippen LogP contribution in [0.25, 0.3) is 11.0 Å². The summed E-state index contributed by atoms with van der Waals surface area (Å²) in [4.78, 5) is 11.5. The Balaban J connectivity index is 1.70. The third-order valence-corrected chi connectivity index (χ3v) is 4.07. The quantitative estimate of drug-likeness (QED) is 0.734. The average molecular weight is 297 g/mol. The molecule has 0 bridgehead atoms. The van der Waals surface area contributed by atoms with Crippen LogP contribution >= 0.6 is 0 Å². The van der Waals surface area contributed by atoms with Crippen molar-refractivity contribution in [1.82, 2.24) is 14.9 Å². The first-order valence-electron chi connectivity index (χ1n) is 8.07. The van der Waals surface area contributed by atoms with E-state index in [1.54, 1.807) is 6.20 Å². The summed E-state index contributed by atoms with van der Waals surface area (Å²) in [5, 5.41) is 0. The topological polar surface area (TPSA) is 38.2 Å². The minimum absolute atomic E-state index is 0.145. The zero-order valence-electron chi connectivity index (χ0n) is 12.9. The molecule has 0 amide bonds. The smallest absolute Gasteiger partial charge is 0.233 e. The molecule has 4 nitrogen and oxygen atoms in total. The molecule has 0 spiro atoms. The van der Waals surface area contributed by atoms with E-state index in [9.17, 15) is 0 Å². The zero-order chi connectivity index (χ0) is 15.2. The summed E-state index contributed by atoms with van der Waals surface area (Å²) in [6.07, 6.45) is 8.34. The van der Waals surface area contributed by atoms with Crippen LogP contribution in [0, 0.1) is 0 Å². The molecule has 1 aromatic carbocycles. The van der Waals surface area contributed by atoms with Crippen LogP contribution in [0.5, 0.6) is 5.88 Å². The van der Waals surface area contributed by atoms with Gasteiger partial charge in [-0.15, -0.1) is 6.58 Å². The fraction of sp³-hybridized carbons (Fsp3) is 0.444. The molecule has 1 saturated heterocycles. The van der Waals surface area contributed by atoms with Gasteiger partial charge in [-0.3, -0.25) is 4.90 Å². The molecular formula is C18H23N3O. The number of benzene rings is 1. The van der Waals surface area contributed by atoms with Gasteiger partial charge in [0.25, 0.3) is 0 Å². The lowest BCUT2D eigenvalue weighted by Gasteiger charge is -2.23. The summed E-state index contributed by atoms with van der Waals surface area (Å²) in [6, 6.07) is 7.87. The van der Waals surface area contributed by atoms with Crippen LogP contribution in [-0.2, 0) is 0 Å². The van der Waals surface area contributed by atoms with Crippen molar-refractivity contribution in [2.75, 3.05) is 19.6 Å². The predicted molar refractivity (Wildman–Crippen MR) is 89.1 cm³/mol. The highest BCUT2D eigenvalue weighted by atomic mass is 16.5. The highest BCUT2D eigenvalue weighted by Crippen LogP contribution is 2.17. The van der Waals surface area contributed by atoms with Crippen molar-refractivity contribution in [3.63, 3.8) is 0 Å². The van der Waals surface area contributed by atoms with E-state index in [4.69, 9.17) is 4.74 Å². The fourth-order valence-electron chi connectivity index (χ4n) is 2.91. The van der Waals surface area contributed by atoms with E-state index in [1.807, 2.05) is 30.3 Å². The summed E-state index contributed by atoms with van der Waals surface area (Å²) in [6.45, 7) is 7.13. The molecule has 0 aliphatic carbocycles. The molecule has 0 N–H and O–H groups in total. The molecule has 1 atom stereocenters. The zero-order valence-corrected chi connectivity index (χ0v) is 12.9. The number of likely N-dealkylation sites (tertiary alicyclic amines) is 1. The number of aromatic nitrogens is 2. The monoisotopic (exact) mass is 297 g/mol. The summed E-state index contributed by atoms with van der Waals surface area (Å²) in [5.41, 5.74) is 1.78. The van der Waals surface area contributed by atoms with E-state index in [-0.39, 0.29) is 6.10 Å². The molecule has 1 aliphatic rings. The normalized spacial score (nSPS) is 16.7. The van der Waals surface area contributed by atoms with E-state index >= 15 is 0 Å². The van der Waals surface area contributed by atoms with E-state index in [1.165, 1.54) is 25.9 Å². The Labute approximate surface area is 131 Å². The predicted octanol–water partition coefficient (Wildman–Crippen LogP) is 3.44. The molecule has 4 heteroatoms. The third-order valence-electron chi connectivity index (χ3n) is 4.07. The molecule has 116 valence electrons. The molecule has 1 fully saturated rings. The molecule has 3 rings (SSSR count). The van der Waals surface area contributed by atoms with E-state index < -0.39 is 0 Å². The number of hydrogen-bond donors (Lipinski definition) is 0. The van der Waals surface area contributed by atoms with Crippen molar-refractivity contribution in [3.8, 4) is 5.88 Å². The number of rotatable bonds is 7. The van der Waals surface area contributed by atoms with Crippen LogP contribution in [0.1, 0.15) is 25.7 Å². The maximum absolute atomic E-state index is 6.12. The number of para-hydroxylation sites is 2. The first-order chi connectivity index (χ1) is 10.8. The summed E-state index contributed by atoms with van der Waals surface area (Å²) >= 11 is 0. The van der Waals surface area contributed by atoms with Crippen molar-refractivity contribution in [2.24, 2.45) is 0 Å². The maximum atomic E-state index is 6.12. The molecular weight excluding hydrogens is 274 g/mol. The van der Waals surface area contributed by atoms with Crippen molar-refractivity contribution >= 4 is 11.0 Å². The van der Waals surface area contributed by atoms with Crippen molar-refractivity contribution in [2.45, 2.75) is 31.8 Å². The van der Waals surface area contributed by atoms with E-state index in [0.29, 0.717) is 5.88 Å². The van der Waals surface area contributed by atoms with Crippen LogP contribution in [-0.4, -0.2) is 40.6 Å². The lowest BCUT2D eigenvalue weighted by Crippen LogP contribution is -2.34. The van der Waals surface area contributed by atoms with Gasteiger partial charge in [-0.1, -0.05) is 18.2 Å². The van der Waals surface area contributed by atoms with Crippen LogP contribution in [0.15, 0.2) is 43.1 Å². The van der Waals surface area contributed by atoms with E-state index in [2.05, 4.69) is 21.4 Å². The van der Waals surface area contributed by atoms with Gasteiger partial charge in [0, 0.05) is 6.54 Å². The van der Waals surface area contributed by atoms with Crippen molar-refractivity contribution in [3.05, 3.63) is 43.1 Å². The molecule has 1 unspecified atom stereocenters. The SMILES string of the molecule is C=CCCC(CN1CCCC1)Oc1cnc2ccccc2n1. The highest BCUT2D eigenvalue weighted by molar-refractivity contribution is 5.73. The highest BCUT2D eigenvalue weighted by Gasteiger charge is 2.19. The lowest BCUT2D eigenvalue weighted by atomic mass is 10.2. The standard InChI is InChI=1S/C18H23N3O/c1-2-3-8-15(14-21-11-6-7-12-21)22-18-13-19-16-9-4-5-10-17(16)20-18/h2,4-5,9-10,13,15H,1,3,6-8,11-12,14H2. The van der Waals surface area contributed by atoms with Crippen molar-refractivity contribution < 1.29 is 4.74 Å². The Morgan fingerprint density at radius 2 is 2.00 bits per heavy atom. The van der Waals surface area contributed by atoms with Gasteiger partial charge in [0.05, 0.1) is 17.2 Å². The van der Waals surface area contributed by atoms with Gasteiger partial charge in [-0.25, -0.2) is 9.97 Å². The van der Waals surface area contributed by atoms with Gasteiger partial charge in [-0.2, -0.15) is 0 Å². The minimum Gasteiger partial charge on any atom is -0.472 e. The minimum atomic E-state index is 0.145. The Morgan fingerprint density at radius 1 is 1.23 bits per heavy atom. The number of allylic oxidation sites excluding steroid dienone is 1. The molecule has 22 heavy (non-hydrogen) atoms. The Bertz CT molecular complexity index is 623. The molecule has 1 aromatic heterocycles. The Hall–Kier alpha value is -1.94. The van der Waals surface area contributed by atoms with Gasteiger partial charge in [0.2, 0.25) is 5.88 Å².